The van der Waals surface area contributed by atoms with Gasteiger partial charge in [-0.2, -0.15) is 0 Å². The number of halogens is 1. The molecule has 1 aromatic carbocycles. The number of benzene rings is 1. The molecule has 2 heterocycles. The maximum absolute atomic E-state index is 14.7. The van der Waals surface area contributed by atoms with Gasteiger partial charge in [0, 0.05) is 50.9 Å². The van der Waals surface area contributed by atoms with Crippen molar-refractivity contribution >= 4 is 11.6 Å². The fourth-order valence-electron chi connectivity index (χ4n) is 4.01. The lowest BCUT2D eigenvalue weighted by Gasteiger charge is -2.36. The third-order valence-corrected chi connectivity index (χ3v) is 5.84. The first kappa shape index (κ1) is 19.1. The maximum atomic E-state index is 14.7. The number of likely N-dealkylation sites (N-methyl/N-ethyl adjacent to an activating group) is 1. The zero-order valence-electron chi connectivity index (χ0n) is 16.0. The Kier molecular flexibility index (Phi) is 6.14. The van der Waals surface area contributed by atoms with Gasteiger partial charge >= 0.3 is 0 Å². The van der Waals surface area contributed by atoms with Gasteiger partial charge < -0.3 is 20.4 Å². The fourth-order valence-corrected chi connectivity index (χ4v) is 4.01. The molecule has 0 saturated carbocycles. The number of rotatable bonds is 4. The molecule has 2 atom stereocenters. The van der Waals surface area contributed by atoms with Crippen molar-refractivity contribution in [1.82, 2.24) is 9.80 Å². The second-order valence-electron chi connectivity index (χ2n) is 7.60. The van der Waals surface area contributed by atoms with Crippen LogP contribution in [0.25, 0.3) is 0 Å². The van der Waals surface area contributed by atoms with Crippen molar-refractivity contribution in [3.63, 3.8) is 0 Å². The molecule has 6 heteroatoms. The summed E-state index contributed by atoms with van der Waals surface area (Å²) in [7, 11) is 0. The molecule has 144 valence electrons. The van der Waals surface area contributed by atoms with Gasteiger partial charge in [0.2, 0.25) is 0 Å². The molecular formula is C20H31FN4O. The maximum Gasteiger partial charge on any atom is 0.253 e. The molecule has 0 aliphatic carbocycles. The summed E-state index contributed by atoms with van der Waals surface area (Å²) in [6.45, 7) is 10.1. The van der Waals surface area contributed by atoms with E-state index in [9.17, 15) is 9.18 Å². The minimum absolute atomic E-state index is 0.0755. The lowest BCUT2D eigenvalue weighted by molar-refractivity contribution is 0.0660. The fraction of sp³-hybridized carbons (Fsp3) is 0.650. The van der Waals surface area contributed by atoms with Gasteiger partial charge in [-0.05, 0) is 50.4 Å². The van der Waals surface area contributed by atoms with Crippen molar-refractivity contribution < 1.29 is 9.18 Å². The van der Waals surface area contributed by atoms with E-state index < -0.39 is 0 Å². The SMILES string of the molecule is CCN1CCN(c2ccc(C(=O)N3CCCC(C(C)N)C3)cc2F)CC1. The molecule has 26 heavy (non-hydrogen) atoms. The van der Waals surface area contributed by atoms with E-state index in [-0.39, 0.29) is 17.8 Å². The van der Waals surface area contributed by atoms with Crippen LogP contribution < -0.4 is 10.6 Å². The predicted octanol–water partition coefficient (Wildman–Crippen LogP) is 2.17. The molecule has 1 aromatic rings. The highest BCUT2D eigenvalue weighted by Gasteiger charge is 2.27. The largest absolute Gasteiger partial charge is 0.367 e. The summed E-state index contributed by atoms with van der Waals surface area (Å²) in [5.41, 5.74) is 7.04. The van der Waals surface area contributed by atoms with Crippen LogP contribution in [0.15, 0.2) is 18.2 Å². The average molecular weight is 362 g/mol. The normalized spacial score (nSPS) is 23.2. The summed E-state index contributed by atoms with van der Waals surface area (Å²) in [6.07, 6.45) is 2.01. The highest BCUT2D eigenvalue weighted by molar-refractivity contribution is 5.94. The Bertz CT molecular complexity index is 628. The topological polar surface area (TPSA) is 52.8 Å². The van der Waals surface area contributed by atoms with Crippen molar-refractivity contribution in [2.24, 2.45) is 11.7 Å². The molecule has 2 saturated heterocycles. The Balaban J connectivity index is 1.68. The summed E-state index contributed by atoms with van der Waals surface area (Å²) in [4.78, 5) is 19.0. The van der Waals surface area contributed by atoms with Crippen molar-refractivity contribution in [2.45, 2.75) is 32.7 Å². The van der Waals surface area contributed by atoms with Crippen LogP contribution in [-0.2, 0) is 0 Å². The van der Waals surface area contributed by atoms with E-state index in [4.69, 9.17) is 5.73 Å². The predicted molar refractivity (Wildman–Crippen MR) is 103 cm³/mol. The van der Waals surface area contributed by atoms with Crippen LogP contribution in [0.1, 0.15) is 37.0 Å². The van der Waals surface area contributed by atoms with E-state index in [1.165, 1.54) is 6.07 Å². The average Bonchev–Trinajstić information content (AvgIpc) is 2.67. The van der Waals surface area contributed by atoms with Crippen molar-refractivity contribution in [3.8, 4) is 0 Å². The summed E-state index contributed by atoms with van der Waals surface area (Å²) in [5, 5.41) is 0. The van der Waals surface area contributed by atoms with Crippen LogP contribution in [0.2, 0.25) is 0 Å². The van der Waals surface area contributed by atoms with Crippen LogP contribution >= 0.6 is 0 Å². The van der Waals surface area contributed by atoms with Crippen LogP contribution in [-0.4, -0.2) is 67.6 Å². The molecule has 5 nitrogen and oxygen atoms in total. The van der Waals surface area contributed by atoms with Crippen LogP contribution in [0.5, 0.6) is 0 Å². The van der Waals surface area contributed by atoms with Gasteiger partial charge in [-0.1, -0.05) is 6.92 Å². The summed E-state index contributed by atoms with van der Waals surface area (Å²) >= 11 is 0. The van der Waals surface area contributed by atoms with Crippen molar-refractivity contribution in [1.29, 1.82) is 0 Å². The molecule has 2 N–H and O–H groups in total. The molecule has 0 aromatic heterocycles. The molecule has 0 bridgehead atoms. The van der Waals surface area contributed by atoms with Crippen molar-refractivity contribution in [2.75, 3.05) is 50.7 Å². The van der Waals surface area contributed by atoms with Crippen LogP contribution in [0, 0.1) is 11.7 Å². The Hall–Kier alpha value is -1.66. The Labute approximate surface area is 155 Å². The number of anilines is 1. The van der Waals surface area contributed by atoms with Gasteiger partial charge in [0.1, 0.15) is 5.82 Å². The van der Waals surface area contributed by atoms with E-state index >= 15 is 0 Å². The highest BCUT2D eigenvalue weighted by atomic mass is 19.1. The number of hydrogen-bond acceptors (Lipinski definition) is 4. The summed E-state index contributed by atoms with van der Waals surface area (Å²) in [6, 6.07) is 5.00. The Morgan fingerprint density at radius 2 is 2.00 bits per heavy atom. The number of carbonyl (C=O) groups excluding carboxylic acids is 1. The van der Waals surface area contributed by atoms with Gasteiger partial charge in [-0.3, -0.25) is 4.79 Å². The zero-order valence-corrected chi connectivity index (χ0v) is 16.0. The molecule has 3 rings (SSSR count). The lowest BCUT2D eigenvalue weighted by Crippen LogP contribution is -2.46. The van der Waals surface area contributed by atoms with Gasteiger partial charge in [0.15, 0.2) is 0 Å². The smallest absolute Gasteiger partial charge is 0.253 e. The first-order valence-corrected chi connectivity index (χ1v) is 9.81. The number of piperazine rings is 1. The number of carbonyl (C=O) groups is 1. The number of likely N-dealkylation sites (tertiary alicyclic amines) is 1. The number of nitrogens with zero attached hydrogens (tertiary/aromatic N) is 3. The molecule has 0 radical (unpaired) electrons. The molecule has 2 unspecified atom stereocenters. The van der Waals surface area contributed by atoms with E-state index in [1.807, 2.05) is 11.8 Å². The minimum Gasteiger partial charge on any atom is -0.367 e. The lowest BCUT2D eigenvalue weighted by atomic mass is 9.92. The zero-order chi connectivity index (χ0) is 18.7. The monoisotopic (exact) mass is 362 g/mol. The van der Waals surface area contributed by atoms with Crippen molar-refractivity contribution in [3.05, 3.63) is 29.6 Å². The van der Waals surface area contributed by atoms with E-state index in [1.54, 1.807) is 12.1 Å². The third-order valence-electron chi connectivity index (χ3n) is 5.84. The number of nitrogens with two attached hydrogens (primary N) is 1. The van der Waals surface area contributed by atoms with Gasteiger partial charge in [-0.15, -0.1) is 0 Å². The van der Waals surface area contributed by atoms with Gasteiger partial charge in [0.25, 0.3) is 5.91 Å². The van der Waals surface area contributed by atoms with E-state index in [0.29, 0.717) is 23.7 Å². The summed E-state index contributed by atoms with van der Waals surface area (Å²) in [5.74, 6) is -0.0650. The van der Waals surface area contributed by atoms with E-state index in [0.717, 1.165) is 52.1 Å². The standard InChI is InChI=1S/C20H31FN4O/c1-3-23-9-11-24(12-10-23)19-7-6-16(13-18(19)21)20(26)25-8-4-5-17(14-25)15(2)22/h6-7,13,15,17H,3-5,8-12,14,22H2,1-2H3. The van der Waals surface area contributed by atoms with Crippen LogP contribution in [0.3, 0.4) is 0 Å². The minimum atomic E-state index is -0.304. The van der Waals surface area contributed by atoms with Gasteiger partial charge in [0.05, 0.1) is 5.69 Å². The van der Waals surface area contributed by atoms with E-state index in [2.05, 4.69) is 16.7 Å². The second-order valence-corrected chi connectivity index (χ2v) is 7.60. The molecular weight excluding hydrogens is 331 g/mol. The number of amides is 1. The molecule has 0 spiro atoms. The molecule has 2 aliphatic rings. The number of hydrogen-bond donors (Lipinski definition) is 1. The van der Waals surface area contributed by atoms with Crippen LogP contribution in [0.4, 0.5) is 10.1 Å². The molecule has 1 amide bonds. The highest BCUT2D eigenvalue weighted by Crippen LogP contribution is 2.25. The summed E-state index contributed by atoms with van der Waals surface area (Å²) < 4.78 is 14.7. The Morgan fingerprint density at radius 3 is 2.62 bits per heavy atom. The first-order chi connectivity index (χ1) is 12.5. The third kappa shape index (κ3) is 4.18. The molecule has 2 aliphatic heterocycles. The van der Waals surface area contributed by atoms with Gasteiger partial charge in [-0.25, -0.2) is 4.39 Å². The number of piperidine rings is 1. The quantitative estimate of drug-likeness (QED) is 0.892. The Morgan fingerprint density at radius 1 is 1.27 bits per heavy atom. The first-order valence-electron chi connectivity index (χ1n) is 9.81. The second kappa shape index (κ2) is 8.35. The molecule has 2 fully saturated rings.